The second-order valence-electron chi connectivity index (χ2n) is 5.80. The van der Waals surface area contributed by atoms with E-state index in [1.165, 1.54) is 28.9 Å². The van der Waals surface area contributed by atoms with Crippen LogP contribution in [-0.2, 0) is 4.74 Å². The predicted octanol–water partition coefficient (Wildman–Crippen LogP) is 4.21. The normalized spacial score (nSPS) is 10.1. The van der Waals surface area contributed by atoms with Crippen molar-refractivity contribution in [1.29, 1.82) is 0 Å². The number of rotatable bonds is 3. The van der Waals surface area contributed by atoms with Gasteiger partial charge in [-0.25, -0.2) is 18.3 Å². The molecule has 1 heterocycles. The number of ether oxygens (including phenoxy) is 1. The zero-order chi connectivity index (χ0) is 20.0. The fourth-order valence-corrected chi connectivity index (χ4v) is 2.29. The van der Waals surface area contributed by atoms with Gasteiger partial charge in [0, 0.05) is 11.9 Å². The van der Waals surface area contributed by atoms with Gasteiger partial charge in [0.2, 0.25) is 0 Å². The smallest absolute Gasteiger partial charge is 0.358 e. The molecule has 0 spiro atoms. The van der Waals surface area contributed by atoms with Crippen LogP contribution in [-0.4, -0.2) is 22.4 Å². The summed E-state index contributed by atoms with van der Waals surface area (Å²) in [6.07, 6.45) is 1.65. The molecule has 2 aromatic carbocycles. The first-order valence-corrected chi connectivity index (χ1v) is 8.32. The SMILES string of the molecule is CCOC(=O)c1ccn(-c2ccc(F)cc2C)n1.Cc1cc(F)ccc1N. The third kappa shape index (κ3) is 5.37. The van der Waals surface area contributed by atoms with Crippen molar-refractivity contribution in [3.8, 4) is 5.69 Å². The standard InChI is InChI=1S/C13H13FN2O2.C7H8FN/c1-3-18-13(17)11-6-7-16(15-11)12-5-4-10(14)8-9(12)2;1-5-4-6(8)2-3-7(5)9/h4-8H,3H2,1-2H3;2-4H,9H2,1H3. The number of carbonyl (C=O) groups excluding carboxylic acids is 1. The summed E-state index contributed by atoms with van der Waals surface area (Å²) in [7, 11) is 0. The van der Waals surface area contributed by atoms with Crippen molar-refractivity contribution in [2.75, 3.05) is 12.3 Å². The lowest BCUT2D eigenvalue weighted by Gasteiger charge is -2.05. The zero-order valence-electron chi connectivity index (χ0n) is 15.4. The summed E-state index contributed by atoms with van der Waals surface area (Å²) in [4.78, 5) is 11.5. The van der Waals surface area contributed by atoms with Crippen LogP contribution in [0, 0.1) is 25.5 Å². The molecule has 0 amide bonds. The van der Waals surface area contributed by atoms with Crippen LogP contribution in [0.2, 0.25) is 0 Å². The lowest BCUT2D eigenvalue weighted by Crippen LogP contribution is -2.07. The Kier molecular flexibility index (Phi) is 6.65. The molecule has 5 nitrogen and oxygen atoms in total. The molecular weight excluding hydrogens is 352 g/mol. The number of nitrogens with zero attached hydrogens (tertiary/aromatic N) is 2. The van der Waals surface area contributed by atoms with E-state index < -0.39 is 5.97 Å². The van der Waals surface area contributed by atoms with Crippen LogP contribution in [0.5, 0.6) is 0 Å². The van der Waals surface area contributed by atoms with E-state index in [4.69, 9.17) is 10.5 Å². The lowest BCUT2D eigenvalue weighted by molar-refractivity contribution is 0.0519. The third-order valence-electron chi connectivity index (χ3n) is 3.71. The molecule has 7 heteroatoms. The number of carbonyl (C=O) groups is 1. The van der Waals surface area contributed by atoms with Crippen molar-refractivity contribution < 1.29 is 18.3 Å². The summed E-state index contributed by atoms with van der Waals surface area (Å²) >= 11 is 0. The van der Waals surface area contributed by atoms with Crippen molar-refractivity contribution in [3.05, 3.63) is 77.1 Å². The maximum atomic E-state index is 13.0. The minimum absolute atomic E-state index is 0.235. The summed E-state index contributed by atoms with van der Waals surface area (Å²) in [5, 5.41) is 4.11. The highest BCUT2D eigenvalue weighted by Crippen LogP contribution is 2.15. The van der Waals surface area contributed by atoms with E-state index in [9.17, 15) is 13.6 Å². The van der Waals surface area contributed by atoms with Crippen LogP contribution in [0.15, 0.2) is 48.7 Å². The third-order valence-corrected chi connectivity index (χ3v) is 3.71. The first-order chi connectivity index (χ1) is 12.8. The number of hydrogen-bond acceptors (Lipinski definition) is 4. The average molecular weight is 373 g/mol. The number of anilines is 1. The summed E-state index contributed by atoms with van der Waals surface area (Å²) in [6, 6.07) is 10.3. The summed E-state index contributed by atoms with van der Waals surface area (Å²) in [5.41, 5.74) is 8.55. The minimum Gasteiger partial charge on any atom is -0.461 e. The fraction of sp³-hybridized carbons (Fsp3) is 0.200. The van der Waals surface area contributed by atoms with E-state index >= 15 is 0 Å². The Balaban J connectivity index is 0.000000244. The molecule has 2 N–H and O–H groups in total. The van der Waals surface area contributed by atoms with Crippen LogP contribution in [0.25, 0.3) is 5.69 Å². The number of halogens is 2. The molecule has 0 radical (unpaired) electrons. The molecule has 142 valence electrons. The Bertz CT molecular complexity index is 939. The Labute approximate surface area is 156 Å². The summed E-state index contributed by atoms with van der Waals surface area (Å²) in [5.74, 6) is -0.994. The Morgan fingerprint density at radius 3 is 2.26 bits per heavy atom. The van der Waals surface area contributed by atoms with Gasteiger partial charge in [0.05, 0.1) is 12.3 Å². The first kappa shape index (κ1) is 20.1. The van der Waals surface area contributed by atoms with Gasteiger partial charge in [-0.05, 0) is 74.4 Å². The fourth-order valence-electron chi connectivity index (χ4n) is 2.29. The van der Waals surface area contributed by atoms with Gasteiger partial charge in [0.15, 0.2) is 5.69 Å². The second-order valence-corrected chi connectivity index (χ2v) is 5.80. The number of benzene rings is 2. The number of nitrogen functional groups attached to an aromatic ring is 1. The number of aryl methyl sites for hydroxylation is 2. The Morgan fingerprint density at radius 2 is 1.70 bits per heavy atom. The van der Waals surface area contributed by atoms with E-state index in [1.54, 1.807) is 45.2 Å². The summed E-state index contributed by atoms with van der Waals surface area (Å²) in [6.45, 7) is 5.60. The van der Waals surface area contributed by atoms with Crippen LogP contribution in [0.4, 0.5) is 14.5 Å². The first-order valence-electron chi connectivity index (χ1n) is 8.32. The molecule has 0 aliphatic rings. The predicted molar refractivity (Wildman–Crippen MR) is 99.8 cm³/mol. The van der Waals surface area contributed by atoms with Crippen LogP contribution in [0.3, 0.4) is 0 Å². The highest BCUT2D eigenvalue weighted by Gasteiger charge is 2.11. The number of nitrogens with two attached hydrogens (primary N) is 1. The molecular formula is C20H21F2N3O2. The zero-order valence-corrected chi connectivity index (χ0v) is 15.4. The lowest BCUT2D eigenvalue weighted by atomic mass is 10.2. The molecule has 0 aliphatic carbocycles. The maximum Gasteiger partial charge on any atom is 0.358 e. The van der Waals surface area contributed by atoms with E-state index in [0.29, 0.717) is 12.3 Å². The molecule has 1 aromatic heterocycles. The van der Waals surface area contributed by atoms with Crippen LogP contribution >= 0.6 is 0 Å². The van der Waals surface area contributed by atoms with E-state index in [-0.39, 0.29) is 17.3 Å². The highest BCUT2D eigenvalue weighted by molar-refractivity contribution is 5.87. The Morgan fingerprint density at radius 1 is 1.07 bits per heavy atom. The maximum absolute atomic E-state index is 13.0. The van der Waals surface area contributed by atoms with Gasteiger partial charge in [-0.3, -0.25) is 0 Å². The van der Waals surface area contributed by atoms with E-state index in [0.717, 1.165) is 16.8 Å². The molecule has 0 saturated heterocycles. The van der Waals surface area contributed by atoms with E-state index in [1.807, 2.05) is 0 Å². The van der Waals surface area contributed by atoms with Gasteiger partial charge in [-0.2, -0.15) is 5.10 Å². The highest BCUT2D eigenvalue weighted by atomic mass is 19.1. The van der Waals surface area contributed by atoms with Crippen molar-refractivity contribution in [1.82, 2.24) is 9.78 Å². The van der Waals surface area contributed by atoms with Gasteiger partial charge in [-0.15, -0.1) is 0 Å². The quantitative estimate of drug-likeness (QED) is 0.551. The van der Waals surface area contributed by atoms with Crippen LogP contribution < -0.4 is 5.73 Å². The number of esters is 1. The molecule has 0 saturated carbocycles. The van der Waals surface area contributed by atoms with Crippen molar-refractivity contribution in [3.63, 3.8) is 0 Å². The Hall–Kier alpha value is -3.22. The molecule has 0 aliphatic heterocycles. The van der Waals surface area contributed by atoms with E-state index in [2.05, 4.69) is 5.10 Å². The van der Waals surface area contributed by atoms with Gasteiger partial charge in [0.25, 0.3) is 0 Å². The molecule has 0 unspecified atom stereocenters. The largest absolute Gasteiger partial charge is 0.461 e. The summed E-state index contributed by atoms with van der Waals surface area (Å²) < 4.78 is 31.7. The minimum atomic E-state index is -0.462. The monoisotopic (exact) mass is 373 g/mol. The molecule has 0 atom stereocenters. The van der Waals surface area contributed by atoms with Crippen molar-refractivity contribution in [2.45, 2.75) is 20.8 Å². The van der Waals surface area contributed by atoms with Crippen molar-refractivity contribution >= 4 is 11.7 Å². The molecule has 27 heavy (non-hydrogen) atoms. The van der Waals surface area contributed by atoms with Gasteiger partial charge < -0.3 is 10.5 Å². The second kappa shape index (κ2) is 8.93. The van der Waals surface area contributed by atoms with Gasteiger partial charge >= 0.3 is 5.97 Å². The number of aromatic nitrogens is 2. The topological polar surface area (TPSA) is 70.1 Å². The van der Waals surface area contributed by atoms with Crippen LogP contribution in [0.1, 0.15) is 28.5 Å². The molecule has 3 aromatic rings. The van der Waals surface area contributed by atoms with Gasteiger partial charge in [0.1, 0.15) is 11.6 Å². The number of hydrogen-bond donors (Lipinski definition) is 1. The molecule has 3 rings (SSSR count). The average Bonchev–Trinajstić information content (AvgIpc) is 3.09. The molecule has 0 bridgehead atoms. The van der Waals surface area contributed by atoms with Gasteiger partial charge in [-0.1, -0.05) is 0 Å². The van der Waals surface area contributed by atoms with Crippen molar-refractivity contribution in [2.24, 2.45) is 0 Å². The molecule has 0 fully saturated rings.